The number of urea groups is 1. The van der Waals surface area contributed by atoms with Gasteiger partial charge >= 0.3 is 12.0 Å². The van der Waals surface area contributed by atoms with E-state index < -0.39 is 12.0 Å². The molecule has 3 heterocycles. The van der Waals surface area contributed by atoms with Gasteiger partial charge in [0.1, 0.15) is 0 Å². The van der Waals surface area contributed by atoms with Gasteiger partial charge in [0.25, 0.3) is 0 Å². The number of rotatable bonds is 5. The molecule has 1 aromatic rings. The molecule has 0 aliphatic carbocycles. The average Bonchev–Trinajstić information content (AvgIpc) is 3.16. The van der Waals surface area contributed by atoms with Crippen LogP contribution in [-0.2, 0) is 9.53 Å². The number of hydrogen-bond acceptors (Lipinski definition) is 7. The van der Waals surface area contributed by atoms with Crippen molar-refractivity contribution in [2.45, 2.75) is 13.0 Å². The van der Waals surface area contributed by atoms with Crippen LogP contribution in [0.25, 0.3) is 0 Å². The second-order valence-corrected chi connectivity index (χ2v) is 7.87. The van der Waals surface area contributed by atoms with Crippen LogP contribution in [0, 0.1) is 0 Å². The molecule has 0 saturated carbocycles. The maximum absolute atomic E-state index is 12.8. The summed E-state index contributed by atoms with van der Waals surface area (Å²) in [5, 5.41) is 5.68. The first-order chi connectivity index (χ1) is 13.7. The van der Waals surface area contributed by atoms with E-state index in [9.17, 15) is 9.59 Å². The van der Waals surface area contributed by atoms with Crippen LogP contribution in [0.1, 0.15) is 18.5 Å². The second kappa shape index (κ2) is 8.32. The first kappa shape index (κ1) is 18.9. The van der Waals surface area contributed by atoms with E-state index in [1.54, 1.807) is 19.1 Å². The van der Waals surface area contributed by atoms with Crippen molar-refractivity contribution in [3.8, 4) is 11.5 Å². The van der Waals surface area contributed by atoms with E-state index in [1.165, 1.54) is 0 Å². The minimum atomic E-state index is -0.614. The van der Waals surface area contributed by atoms with Gasteiger partial charge in [-0.15, -0.1) is 0 Å². The molecule has 1 atom stereocenters. The van der Waals surface area contributed by atoms with Gasteiger partial charge in [-0.3, -0.25) is 4.90 Å². The predicted molar refractivity (Wildman–Crippen MR) is 104 cm³/mol. The number of esters is 1. The Labute approximate surface area is 167 Å². The summed E-state index contributed by atoms with van der Waals surface area (Å²) < 4.78 is 16.1. The van der Waals surface area contributed by atoms with Crippen molar-refractivity contribution in [3.63, 3.8) is 0 Å². The fraction of sp³-hybridized carbons (Fsp3) is 0.474. The molecule has 0 spiro atoms. The maximum atomic E-state index is 12.8. The first-order valence-corrected chi connectivity index (χ1v) is 10.5. The van der Waals surface area contributed by atoms with E-state index in [4.69, 9.17) is 14.2 Å². The summed E-state index contributed by atoms with van der Waals surface area (Å²) in [6.45, 7) is 4.53. The van der Waals surface area contributed by atoms with Gasteiger partial charge in [-0.25, -0.2) is 9.59 Å². The van der Waals surface area contributed by atoms with Crippen molar-refractivity contribution in [1.82, 2.24) is 15.5 Å². The summed E-state index contributed by atoms with van der Waals surface area (Å²) >= 11 is 1.91. The van der Waals surface area contributed by atoms with Crippen LogP contribution in [0.5, 0.6) is 11.5 Å². The molecule has 2 N–H and O–H groups in total. The van der Waals surface area contributed by atoms with Gasteiger partial charge in [-0.05, 0) is 24.6 Å². The molecule has 1 aromatic carbocycles. The van der Waals surface area contributed by atoms with Crippen LogP contribution in [0.15, 0.2) is 29.5 Å². The van der Waals surface area contributed by atoms with Crippen LogP contribution in [0.2, 0.25) is 0 Å². The highest BCUT2D eigenvalue weighted by Gasteiger charge is 2.35. The third-order valence-electron chi connectivity index (χ3n) is 4.86. The van der Waals surface area contributed by atoms with Gasteiger partial charge in [0.15, 0.2) is 11.5 Å². The molecule has 3 aliphatic heterocycles. The summed E-state index contributed by atoms with van der Waals surface area (Å²) in [4.78, 5) is 27.4. The quantitative estimate of drug-likeness (QED) is 0.720. The van der Waals surface area contributed by atoms with Crippen LogP contribution in [-0.4, -0.2) is 61.4 Å². The van der Waals surface area contributed by atoms with Crippen LogP contribution < -0.4 is 20.1 Å². The predicted octanol–water partition coefficient (Wildman–Crippen LogP) is 1.64. The van der Waals surface area contributed by atoms with Crippen LogP contribution in [0.3, 0.4) is 0 Å². The molecule has 0 aromatic heterocycles. The van der Waals surface area contributed by atoms with Crippen molar-refractivity contribution < 1.29 is 23.8 Å². The smallest absolute Gasteiger partial charge is 0.338 e. The number of hydrogen-bond donors (Lipinski definition) is 2. The van der Waals surface area contributed by atoms with E-state index in [2.05, 4.69) is 15.5 Å². The zero-order valence-electron chi connectivity index (χ0n) is 15.7. The minimum absolute atomic E-state index is 0.163. The van der Waals surface area contributed by atoms with Gasteiger partial charge in [-0.1, -0.05) is 6.07 Å². The van der Waals surface area contributed by atoms with E-state index in [0.717, 1.165) is 30.2 Å². The van der Waals surface area contributed by atoms with Gasteiger partial charge in [0, 0.05) is 36.8 Å². The number of fused-ring (bicyclic) bond motifs is 1. The summed E-state index contributed by atoms with van der Waals surface area (Å²) in [5.74, 6) is 2.90. The van der Waals surface area contributed by atoms with E-state index in [0.29, 0.717) is 29.3 Å². The van der Waals surface area contributed by atoms with Crippen molar-refractivity contribution in [2.75, 3.05) is 44.5 Å². The summed E-state index contributed by atoms with van der Waals surface area (Å²) in [6, 6.07) is 4.47. The van der Waals surface area contributed by atoms with Gasteiger partial charge in [-0.2, -0.15) is 11.8 Å². The Kier molecular flexibility index (Phi) is 5.63. The van der Waals surface area contributed by atoms with Crippen molar-refractivity contribution in [1.29, 1.82) is 0 Å². The lowest BCUT2D eigenvalue weighted by atomic mass is 9.94. The molecular formula is C19H23N3O5S. The Balaban J connectivity index is 1.70. The Morgan fingerprint density at radius 3 is 2.86 bits per heavy atom. The van der Waals surface area contributed by atoms with Gasteiger partial charge in [0.2, 0.25) is 6.79 Å². The van der Waals surface area contributed by atoms with Crippen LogP contribution in [0.4, 0.5) is 4.79 Å². The Morgan fingerprint density at radius 2 is 2.07 bits per heavy atom. The Morgan fingerprint density at radius 1 is 1.29 bits per heavy atom. The number of ether oxygens (including phenoxy) is 3. The fourth-order valence-electron chi connectivity index (χ4n) is 3.52. The summed E-state index contributed by atoms with van der Waals surface area (Å²) in [7, 11) is 0. The van der Waals surface area contributed by atoms with Crippen molar-refractivity contribution >= 4 is 23.8 Å². The lowest BCUT2D eigenvalue weighted by Crippen LogP contribution is -2.49. The average molecular weight is 405 g/mol. The lowest BCUT2D eigenvalue weighted by molar-refractivity contribution is -0.139. The SMILES string of the molecule is CCOC(=O)C1=C(CN2CCSCC2)NC(=O)NC1c1ccc2c(c1)OCO2. The zero-order valence-corrected chi connectivity index (χ0v) is 16.5. The molecule has 150 valence electrons. The first-order valence-electron chi connectivity index (χ1n) is 9.33. The Bertz CT molecular complexity index is 807. The Hall–Kier alpha value is -2.39. The lowest BCUT2D eigenvalue weighted by Gasteiger charge is -2.33. The second-order valence-electron chi connectivity index (χ2n) is 6.65. The fourth-order valence-corrected chi connectivity index (χ4v) is 4.50. The molecule has 3 aliphatic rings. The number of nitrogens with zero attached hydrogens (tertiary/aromatic N) is 1. The van der Waals surface area contributed by atoms with E-state index >= 15 is 0 Å². The summed E-state index contributed by atoms with van der Waals surface area (Å²) in [5.41, 5.74) is 1.77. The molecule has 1 unspecified atom stereocenters. The number of benzene rings is 1. The monoisotopic (exact) mass is 405 g/mol. The molecule has 1 saturated heterocycles. The normalized spacial score (nSPS) is 21.9. The molecule has 0 radical (unpaired) electrons. The highest BCUT2D eigenvalue weighted by Crippen LogP contribution is 2.37. The van der Waals surface area contributed by atoms with Crippen molar-refractivity contribution in [3.05, 3.63) is 35.0 Å². The third kappa shape index (κ3) is 3.90. The number of carbonyl (C=O) groups is 2. The number of amides is 2. The molecule has 2 amide bonds. The topological polar surface area (TPSA) is 89.1 Å². The van der Waals surface area contributed by atoms with Crippen molar-refractivity contribution in [2.24, 2.45) is 0 Å². The van der Waals surface area contributed by atoms with E-state index in [-0.39, 0.29) is 19.4 Å². The minimum Gasteiger partial charge on any atom is -0.463 e. The number of carbonyl (C=O) groups excluding carboxylic acids is 2. The summed E-state index contributed by atoms with van der Waals surface area (Å²) in [6.07, 6.45) is 0. The maximum Gasteiger partial charge on any atom is 0.338 e. The van der Waals surface area contributed by atoms with Crippen LogP contribution >= 0.6 is 11.8 Å². The molecule has 8 nitrogen and oxygen atoms in total. The number of thioether (sulfide) groups is 1. The molecule has 4 rings (SSSR count). The van der Waals surface area contributed by atoms with E-state index in [1.807, 2.05) is 17.8 Å². The molecular weight excluding hydrogens is 382 g/mol. The largest absolute Gasteiger partial charge is 0.463 e. The highest BCUT2D eigenvalue weighted by atomic mass is 32.2. The van der Waals surface area contributed by atoms with Gasteiger partial charge < -0.3 is 24.8 Å². The molecule has 9 heteroatoms. The third-order valence-corrected chi connectivity index (χ3v) is 5.81. The molecule has 28 heavy (non-hydrogen) atoms. The molecule has 1 fully saturated rings. The molecule has 0 bridgehead atoms. The van der Waals surface area contributed by atoms with Gasteiger partial charge in [0.05, 0.1) is 18.2 Å². The zero-order chi connectivity index (χ0) is 19.5. The standard InChI is InChI=1S/C19H23N3O5S/c1-2-25-18(23)16-13(10-22-5-7-28-8-6-22)20-19(24)21-17(16)12-3-4-14-15(9-12)27-11-26-14/h3-4,9,17H,2,5-8,10-11H2,1H3,(H2,20,21,24). The highest BCUT2D eigenvalue weighted by molar-refractivity contribution is 7.99. The number of nitrogens with one attached hydrogen (secondary N) is 2.